The van der Waals surface area contributed by atoms with Gasteiger partial charge in [0.05, 0.1) is 12.6 Å². The Morgan fingerprint density at radius 3 is 2.53 bits per heavy atom. The van der Waals surface area contributed by atoms with E-state index in [-0.39, 0.29) is 24.4 Å². The molecule has 0 N–H and O–H groups in total. The van der Waals surface area contributed by atoms with Crippen LogP contribution in [0.15, 0.2) is 35.7 Å². The van der Waals surface area contributed by atoms with E-state index in [9.17, 15) is 9.59 Å². The van der Waals surface area contributed by atoms with E-state index in [4.69, 9.17) is 4.74 Å². The molecule has 2 aromatic rings. The average molecular weight is 513 g/mol. The Balaban J connectivity index is 1.67. The summed E-state index contributed by atoms with van der Waals surface area (Å²) in [7, 11) is 1.68. The quantitative estimate of drug-likeness (QED) is 0.255. The van der Waals surface area contributed by atoms with Crippen molar-refractivity contribution >= 4 is 23.2 Å². The van der Waals surface area contributed by atoms with E-state index in [0.29, 0.717) is 26.1 Å². The van der Waals surface area contributed by atoms with Crippen LogP contribution in [0.1, 0.15) is 92.3 Å². The van der Waals surface area contributed by atoms with Crippen LogP contribution < -0.4 is 0 Å². The first-order chi connectivity index (χ1) is 17.6. The van der Waals surface area contributed by atoms with Crippen LogP contribution in [0.4, 0.5) is 0 Å². The molecule has 0 saturated heterocycles. The van der Waals surface area contributed by atoms with E-state index in [2.05, 4.69) is 43.5 Å². The zero-order valence-electron chi connectivity index (χ0n) is 22.5. The number of hydrogen-bond donors (Lipinski definition) is 0. The Bertz CT molecular complexity index is 957. The molecule has 1 aromatic carbocycles. The van der Waals surface area contributed by atoms with Crippen molar-refractivity contribution in [3.63, 3.8) is 0 Å². The normalized spacial score (nSPS) is 15.1. The fourth-order valence-electron chi connectivity index (χ4n) is 5.15. The number of aryl methyl sites for hydroxylation is 1. The molecule has 0 bridgehead atoms. The molecule has 6 heteroatoms. The third kappa shape index (κ3) is 7.91. The van der Waals surface area contributed by atoms with Crippen LogP contribution >= 0.6 is 11.3 Å². The summed E-state index contributed by atoms with van der Waals surface area (Å²) < 4.78 is 5.22. The second kappa shape index (κ2) is 15.2. The molecule has 198 valence electrons. The second-order valence-corrected chi connectivity index (χ2v) is 10.9. The predicted molar refractivity (Wildman–Crippen MR) is 148 cm³/mol. The van der Waals surface area contributed by atoms with Gasteiger partial charge in [0.25, 0.3) is 0 Å². The van der Waals surface area contributed by atoms with E-state index >= 15 is 0 Å². The van der Waals surface area contributed by atoms with E-state index < -0.39 is 0 Å². The Morgan fingerprint density at radius 2 is 1.78 bits per heavy atom. The van der Waals surface area contributed by atoms with Crippen molar-refractivity contribution in [3.05, 3.63) is 57.3 Å². The van der Waals surface area contributed by atoms with Crippen molar-refractivity contribution in [2.45, 2.75) is 84.1 Å². The van der Waals surface area contributed by atoms with Crippen LogP contribution in [0.25, 0.3) is 0 Å². The van der Waals surface area contributed by atoms with Gasteiger partial charge in [-0.1, -0.05) is 69.7 Å². The molecule has 0 spiro atoms. The number of fused-ring (bicyclic) bond motifs is 1. The first-order valence-electron chi connectivity index (χ1n) is 13.7. The van der Waals surface area contributed by atoms with Gasteiger partial charge in [-0.2, -0.15) is 0 Å². The van der Waals surface area contributed by atoms with Crippen molar-refractivity contribution in [3.8, 4) is 0 Å². The molecule has 5 nitrogen and oxygen atoms in total. The van der Waals surface area contributed by atoms with E-state index in [1.54, 1.807) is 23.3 Å². The molecule has 2 heterocycles. The van der Waals surface area contributed by atoms with E-state index in [1.165, 1.54) is 53.7 Å². The molecule has 36 heavy (non-hydrogen) atoms. The van der Waals surface area contributed by atoms with Crippen LogP contribution in [-0.4, -0.2) is 55.0 Å². The number of carbonyl (C=O) groups excluding carboxylic acids is 2. The monoisotopic (exact) mass is 512 g/mol. The molecule has 2 amide bonds. The zero-order chi connectivity index (χ0) is 25.8. The number of unbranched alkanes of at least 4 members (excludes halogenated alkanes) is 6. The third-order valence-electron chi connectivity index (χ3n) is 7.22. The maximum atomic E-state index is 13.8. The number of amides is 2. The molecule has 1 unspecified atom stereocenters. The average Bonchev–Trinajstić information content (AvgIpc) is 3.36. The molecule has 0 fully saturated rings. The fraction of sp³-hybridized carbons (Fsp3) is 0.600. The summed E-state index contributed by atoms with van der Waals surface area (Å²) in [4.78, 5) is 32.1. The smallest absolute Gasteiger partial charge is 0.242 e. The first kappa shape index (κ1) is 28.4. The summed E-state index contributed by atoms with van der Waals surface area (Å²) in [6, 6.07) is 10.4. The lowest BCUT2D eigenvalue weighted by Crippen LogP contribution is -2.47. The van der Waals surface area contributed by atoms with Crippen LogP contribution in [0.5, 0.6) is 0 Å². The van der Waals surface area contributed by atoms with Gasteiger partial charge in [-0.15, -0.1) is 11.3 Å². The van der Waals surface area contributed by atoms with Crippen LogP contribution in [0, 0.1) is 6.92 Å². The summed E-state index contributed by atoms with van der Waals surface area (Å²) in [5.41, 5.74) is 3.59. The SMILES string of the molecule is CCCCCCCCCC(=O)N(CCCOC)CC(=O)N1CCc2sccc2C1c1ccccc1C. The highest BCUT2D eigenvalue weighted by atomic mass is 32.1. The van der Waals surface area contributed by atoms with Gasteiger partial charge < -0.3 is 14.5 Å². The van der Waals surface area contributed by atoms with Crippen LogP contribution in [0.2, 0.25) is 0 Å². The highest BCUT2D eigenvalue weighted by Gasteiger charge is 2.34. The molecule has 1 aliphatic rings. The number of thiophene rings is 1. The van der Waals surface area contributed by atoms with Crippen molar-refractivity contribution in [1.82, 2.24) is 9.80 Å². The van der Waals surface area contributed by atoms with Gasteiger partial charge in [0, 0.05) is 38.1 Å². The minimum Gasteiger partial charge on any atom is -0.385 e. The minimum atomic E-state index is -0.0900. The van der Waals surface area contributed by atoms with Crippen molar-refractivity contribution in [2.24, 2.45) is 0 Å². The molecule has 1 aromatic heterocycles. The molecule has 3 rings (SSSR count). The summed E-state index contributed by atoms with van der Waals surface area (Å²) in [5, 5.41) is 2.13. The molecular formula is C30H44N2O3S. The van der Waals surface area contributed by atoms with Gasteiger partial charge >= 0.3 is 0 Å². The third-order valence-corrected chi connectivity index (χ3v) is 8.22. The number of methoxy groups -OCH3 is 1. The van der Waals surface area contributed by atoms with Gasteiger partial charge in [-0.05, 0) is 54.3 Å². The van der Waals surface area contributed by atoms with Crippen LogP contribution in [0.3, 0.4) is 0 Å². The summed E-state index contributed by atoms with van der Waals surface area (Å²) in [5.74, 6) is 0.124. The Hall–Kier alpha value is -2.18. The number of ether oxygens (including phenoxy) is 1. The first-order valence-corrected chi connectivity index (χ1v) is 14.6. The van der Waals surface area contributed by atoms with Crippen LogP contribution in [-0.2, 0) is 20.7 Å². The molecule has 0 saturated carbocycles. The molecule has 1 aliphatic heterocycles. The number of nitrogens with zero attached hydrogens (tertiary/aromatic N) is 2. The van der Waals surface area contributed by atoms with Gasteiger partial charge in [0.2, 0.25) is 11.8 Å². The highest BCUT2D eigenvalue weighted by Crippen LogP contribution is 2.39. The van der Waals surface area contributed by atoms with E-state index in [0.717, 1.165) is 25.7 Å². The lowest BCUT2D eigenvalue weighted by molar-refractivity contribution is -0.142. The predicted octanol–water partition coefficient (Wildman–Crippen LogP) is 6.54. The van der Waals surface area contributed by atoms with Crippen molar-refractivity contribution < 1.29 is 14.3 Å². The second-order valence-electron chi connectivity index (χ2n) is 9.93. The Labute approximate surface area is 221 Å². The maximum absolute atomic E-state index is 13.8. The molecule has 0 radical (unpaired) electrons. The molecular weight excluding hydrogens is 468 g/mol. The topological polar surface area (TPSA) is 49.9 Å². The van der Waals surface area contributed by atoms with Gasteiger partial charge in [-0.3, -0.25) is 9.59 Å². The number of benzene rings is 1. The van der Waals surface area contributed by atoms with Crippen molar-refractivity contribution in [1.29, 1.82) is 0 Å². The summed E-state index contributed by atoms with van der Waals surface area (Å²) in [6.45, 7) is 6.31. The van der Waals surface area contributed by atoms with Gasteiger partial charge in [-0.25, -0.2) is 0 Å². The number of rotatable bonds is 15. The highest BCUT2D eigenvalue weighted by molar-refractivity contribution is 7.10. The van der Waals surface area contributed by atoms with Gasteiger partial charge in [0.15, 0.2) is 0 Å². The van der Waals surface area contributed by atoms with Crippen molar-refractivity contribution in [2.75, 3.05) is 33.4 Å². The summed E-state index contributed by atoms with van der Waals surface area (Å²) in [6.07, 6.45) is 10.4. The maximum Gasteiger partial charge on any atom is 0.242 e. The van der Waals surface area contributed by atoms with E-state index in [1.807, 2.05) is 11.0 Å². The fourth-order valence-corrected chi connectivity index (χ4v) is 6.06. The van der Waals surface area contributed by atoms with Gasteiger partial charge in [0.1, 0.15) is 0 Å². The lowest BCUT2D eigenvalue weighted by atomic mass is 9.90. The zero-order valence-corrected chi connectivity index (χ0v) is 23.3. The summed E-state index contributed by atoms with van der Waals surface area (Å²) >= 11 is 1.78. The molecule has 0 aliphatic carbocycles. The largest absolute Gasteiger partial charge is 0.385 e. The number of hydrogen-bond acceptors (Lipinski definition) is 4. The standard InChI is InChI=1S/C30H44N2O3S/c1-4-5-6-7-8-9-10-16-28(33)31(19-13-21-35-3)23-29(34)32-20-17-27-26(18-22-36-27)30(32)25-15-12-11-14-24(25)2/h11-12,14-15,18,22,30H,4-10,13,16-17,19-21,23H2,1-3H3. The number of carbonyl (C=O) groups is 2. The Kier molecular flexibility index (Phi) is 12.0. The lowest BCUT2D eigenvalue weighted by Gasteiger charge is -2.38. The minimum absolute atomic E-state index is 0.0328. The Morgan fingerprint density at radius 1 is 1.03 bits per heavy atom. The molecule has 1 atom stereocenters.